The Morgan fingerprint density at radius 1 is 1.21 bits per heavy atom. The smallest absolute Gasteiger partial charge is 0.227 e. The van der Waals surface area contributed by atoms with Crippen LogP contribution >= 0.6 is 0 Å². The lowest BCUT2D eigenvalue weighted by Gasteiger charge is -2.35. The number of aromatic nitrogens is 2. The van der Waals surface area contributed by atoms with E-state index in [0.29, 0.717) is 13.0 Å². The van der Waals surface area contributed by atoms with Gasteiger partial charge in [0, 0.05) is 38.9 Å². The maximum absolute atomic E-state index is 12.5. The molecule has 24 heavy (non-hydrogen) atoms. The van der Waals surface area contributed by atoms with Crippen molar-refractivity contribution in [1.82, 2.24) is 19.6 Å². The van der Waals surface area contributed by atoms with Crippen LogP contribution in [-0.2, 0) is 11.2 Å². The fraction of sp³-hybridized carbons (Fsp3) is 0.444. The second kappa shape index (κ2) is 7.59. The molecule has 1 saturated heterocycles. The van der Waals surface area contributed by atoms with Gasteiger partial charge >= 0.3 is 0 Å². The van der Waals surface area contributed by atoms with E-state index in [0.717, 1.165) is 37.4 Å². The highest BCUT2D eigenvalue weighted by molar-refractivity contribution is 5.78. The number of nitrogens with zero attached hydrogens (tertiary/aromatic N) is 4. The Morgan fingerprint density at radius 3 is 2.58 bits per heavy atom. The first-order valence-corrected chi connectivity index (χ1v) is 8.39. The molecule has 1 N–H and O–H groups in total. The minimum Gasteiger partial charge on any atom is -0.392 e. The number of para-hydroxylation sites is 1. The van der Waals surface area contributed by atoms with Crippen molar-refractivity contribution >= 4 is 5.91 Å². The van der Waals surface area contributed by atoms with E-state index < -0.39 is 0 Å². The monoisotopic (exact) mass is 328 g/mol. The van der Waals surface area contributed by atoms with Gasteiger partial charge in [0.05, 0.1) is 24.4 Å². The summed E-state index contributed by atoms with van der Waals surface area (Å²) >= 11 is 0. The number of aliphatic hydroxyl groups is 1. The minimum atomic E-state index is -0.323. The highest BCUT2D eigenvalue weighted by Crippen LogP contribution is 2.10. The van der Waals surface area contributed by atoms with Crippen LogP contribution in [0.4, 0.5) is 0 Å². The molecule has 0 saturated carbocycles. The SMILES string of the molecule is C[C@H](O)CN1CCN(C(=O)Cc2cnn(-c3ccccc3)c2)CC1. The summed E-state index contributed by atoms with van der Waals surface area (Å²) in [5.41, 5.74) is 1.91. The third kappa shape index (κ3) is 4.21. The average Bonchev–Trinajstić information content (AvgIpc) is 3.04. The number of hydrogen-bond donors (Lipinski definition) is 1. The predicted molar refractivity (Wildman–Crippen MR) is 92.0 cm³/mol. The molecule has 6 heteroatoms. The summed E-state index contributed by atoms with van der Waals surface area (Å²) in [6, 6.07) is 9.87. The molecule has 0 spiro atoms. The summed E-state index contributed by atoms with van der Waals surface area (Å²) in [6.45, 7) is 5.55. The molecule has 1 aliphatic rings. The Kier molecular flexibility index (Phi) is 5.27. The maximum Gasteiger partial charge on any atom is 0.227 e. The molecule has 2 heterocycles. The van der Waals surface area contributed by atoms with Crippen molar-refractivity contribution in [3.8, 4) is 5.69 Å². The third-order valence-electron chi connectivity index (χ3n) is 4.26. The highest BCUT2D eigenvalue weighted by atomic mass is 16.3. The van der Waals surface area contributed by atoms with Gasteiger partial charge in [0.15, 0.2) is 0 Å². The maximum atomic E-state index is 12.5. The summed E-state index contributed by atoms with van der Waals surface area (Å²) in [5.74, 6) is 0.138. The van der Waals surface area contributed by atoms with Crippen LogP contribution in [0.3, 0.4) is 0 Å². The van der Waals surface area contributed by atoms with E-state index in [-0.39, 0.29) is 12.0 Å². The summed E-state index contributed by atoms with van der Waals surface area (Å²) < 4.78 is 1.79. The van der Waals surface area contributed by atoms with Crippen molar-refractivity contribution in [3.63, 3.8) is 0 Å². The van der Waals surface area contributed by atoms with Gasteiger partial charge in [0.2, 0.25) is 5.91 Å². The molecule has 1 aromatic carbocycles. The molecular formula is C18H24N4O2. The van der Waals surface area contributed by atoms with Gasteiger partial charge < -0.3 is 10.0 Å². The first-order valence-electron chi connectivity index (χ1n) is 8.39. The van der Waals surface area contributed by atoms with Gasteiger partial charge in [-0.05, 0) is 24.6 Å². The van der Waals surface area contributed by atoms with Crippen LogP contribution < -0.4 is 0 Å². The van der Waals surface area contributed by atoms with Gasteiger partial charge in [-0.15, -0.1) is 0 Å². The number of carbonyl (C=O) groups is 1. The number of aliphatic hydroxyl groups excluding tert-OH is 1. The van der Waals surface area contributed by atoms with Gasteiger partial charge in [-0.3, -0.25) is 9.69 Å². The summed E-state index contributed by atoms with van der Waals surface area (Å²) in [7, 11) is 0. The molecule has 128 valence electrons. The van der Waals surface area contributed by atoms with E-state index in [9.17, 15) is 9.90 Å². The van der Waals surface area contributed by atoms with Crippen LogP contribution in [0.15, 0.2) is 42.7 Å². The number of rotatable bonds is 5. The Labute approximate surface area is 142 Å². The van der Waals surface area contributed by atoms with E-state index in [1.165, 1.54) is 0 Å². The van der Waals surface area contributed by atoms with Crippen molar-refractivity contribution < 1.29 is 9.90 Å². The second-order valence-electron chi connectivity index (χ2n) is 6.34. The lowest BCUT2D eigenvalue weighted by molar-refractivity contribution is -0.132. The Morgan fingerprint density at radius 2 is 1.92 bits per heavy atom. The first kappa shape index (κ1) is 16.7. The fourth-order valence-electron chi connectivity index (χ4n) is 3.01. The van der Waals surface area contributed by atoms with Crippen LogP contribution in [0.25, 0.3) is 5.69 Å². The van der Waals surface area contributed by atoms with Crippen LogP contribution in [0, 0.1) is 0 Å². The zero-order valence-electron chi connectivity index (χ0n) is 14.0. The molecule has 3 rings (SSSR count). The number of benzene rings is 1. The van der Waals surface area contributed by atoms with E-state index >= 15 is 0 Å². The molecule has 0 unspecified atom stereocenters. The molecule has 1 amide bonds. The van der Waals surface area contributed by atoms with Crippen LogP contribution in [0.5, 0.6) is 0 Å². The van der Waals surface area contributed by atoms with Crippen molar-refractivity contribution in [1.29, 1.82) is 0 Å². The van der Waals surface area contributed by atoms with Gasteiger partial charge in [-0.25, -0.2) is 4.68 Å². The van der Waals surface area contributed by atoms with Gasteiger partial charge in [-0.1, -0.05) is 18.2 Å². The number of piperazine rings is 1. The summed E-state index contributed by atoms with van der Waals surface area (Å²) in [4.78, 5) is 16.6. The van der Waals surface area contributed by atoms with E-state index in [1.807, 2.05) is 41.4 Å². The minimum absolute atomic E-state index is 0.138. The average molecular weight is 328 g/mol. The van der Waals surface area contributed by atoms with Crippen molar-refractivity contribution in [2.45, 2.75) is 19.4 Å². The first-order chi connectivity index (χ1) is 11.6. The van der Waals surface area contributed by atoms with Crippen molar-refractivity contribution in [2.75, 3.05) is 32.7 Å². The molecule has 0 aliphatic carbocycles. The van der Waals surface area contributed by atoms with Gasteiger partial charge in [0.25, 0.3) is 0 Å². The molecule has 1 aromatic heterocycles. The predicted octanol–water partition coefficient (Wildman–Crippen LogP) is 0.940. The Bertz CT molecular complexity index is 661. The Balaban J connectivity index is 1.54. The summed E-state index contributed by atoms with van der Waals surface area (Å²) in [5, 5.41) is 13.8. The second-order valence-corrected chi connectivity index (χ2v) is 6.34. The lowest BCUT2D eigenvalue weighted by Crippen LogP contribution is -2.50. The lowest BCUT2D eigenvalue weighted by atomic mass is 10.2. The molecule has 2 aromatic rings. The highest BCUT2D eigenvalue weighted by Gasteiger charge is 2.22. The van der Waals surface area contributed by atoms with Gasteiger partial charge in [-0.2, -0.15) is 5.10 Å². The van der Waals surface area contributed by atoms with E-state index in [4.69, 9.17) is 0 Å². The van der Waals surface area contributed by atoms with Crippen molar-refractivity contribution in [2.24, 2.45) is 0 Å². The number of β-amino-alcohol motifs (C(OH)–C–C–N with tert-alkyl or cyclic N) is 1. The van der Waals surface area contributed by atoms with Crippen LogP contribution in [0.2, 0.25) is 0 Å². The van der Waals surface area contributed by atoms with Crippen molar-refractivity contribution in [3.05, 3.63) is 48.3 Å². The largest absolute Gasteiger partial charge is 0.392 e. The van der Waals surface area contributed by atoms with E-state index in [1.54, 1.807) is 17.8 Å². The molecule has 0 bridgehead atoms. The number of hydrogen-bond acceptors (Lipinski definition) is 4. The number of amides is 1. The molecule has 0 radical (unpaired) electrons. The zero-order valence-corrected chi connectivity index (χ0v) is 14.0. The topological polar surface area (TPSA) is 61.6 Å². The number of carbonyl (C=O) groups excluding carboxylic acids is 1. The Hall–Kier alpha value is -2.18. The molecule has 1 fully saturated rings. The van der Waals surface area contributed by atoms with Gasteiger partial charge in [0.1, 0.15) is 0 Å². The molecule has 6 nitrogen and oxygen atoms in total. The zero-order chi connectivity index (χ0) is 16.9. The quantitative estimate of drug-likeness (QED) is 0.887. The standard InChI is InChI=1S/C18H24N4O2/c1-15(23)13-20-7-9-21(10-8-20)18(24)11-16-12-19-22(14-16)17-5-3-2-4-6-17/h2-6,12,14-15,23H,7-11,13H2,1H3/t15-/m0/s1. The third-order valence-corrected chi connectivity index (χ3v) is 4.26. The fourth-order valence-corrected chi connectivity index (χ4v) is 3.01. The van der Waals surface area contributed by atoms with Crippen LogP contribution in [-0.4, -0.2) is 69.4 Å². The normalized spacial score (nSPS) is 17.0. The molecule has 1 aliphatic heterocycles. The van der Waals surface area contributed by atoms with Crippen LogP contribution in [0.1, 0.15) is 12.5 Å². The summed E-state index contributed by atoms with van der Waals surface area (Å²) in [6.07, 6.45) is 3.73. The molecule has 1 atom stereocenters. The molecular weight excluding hydrogens is 304 g/mol. The van der Waals surface area contributed by atoms with E-state index in [2.05, 4.69) is 10.00 Å².